The number of rotatable bonds is 7. The summed E-state index contributed by atoms with van der Waals surface area (Å²) in [6, 6.07) is 6.74. The maximum Gasteiger partial charge on any atom is 0.00190 e. The molecule has 0 radical (unpaired) electrons. The van der Waals surface area contributed by atoms with Crippen LogP contribution in [0.2, 0.25) is 0 Å². The van der Waals surface area contributed by atoms with Gasteiger partial charge in [0.1, 0.15) is 0 Å². The second-order valence-electron chi connectivity index (χ2n) is 5.62. The van der Waals surface area contributed by atoms with E-state index in [2.05, 4.69) is 50.9 Å². The first-order valence-electron chi connectivity index (χ1n) is 6.97. The fourth-order valence-electron chi connectivity index (χ4n) is 2.44. The molecule has 0 aliphatic carbocycles. The molecule has 2 nitrogen and oxygen atoms in total. The number of likely N-dealkylation sites (N-methyl/N-ethyl adjacent to an activating group) is 1. The zero-order chi connectivity index (χ0) is 13.5. The molecule has 1 unspecified atom stereocenters. The van der Waals surface area contributed by atoms with Crippen molar-refractivity contribution < 1.29 is 0 Å². The lowest BCUT2D eigenvalue weighted by Gasteiger charge is -2.21. The van der Waals surface area contributed by atoms with Crippen molar-refractivity contribution in [2.24, 2.45) is 11.7 Å². The number of nitrogens with zero attached hydrogens (tertiary/aromatic N) is 1. The Bertz CT molecular complexity index is 360. The fourth-order valence-corrected chi connectivity index (χ4v) is 2.44. The Kier molecular flexibility index (Phi) is 6.37. The quantitative estimate of drug-likeness (QED) is 0.804. The second kappa shape index (κ2) is 7.55. The lowest BCUT2D eigenvalue weighted by atomic mass is 10.0. The first-order chi connectivity index (χ1) is 8.52. The van der Waals surface area contributed by atoms with Gasteiger partial charge >= 0.3 is 0 Å². The molecule has 18 heavy (non-hydrogen) atoms. The van der Waals surface area contributed by atoms with Crippen LogP contribution in [-0.2, 0) is 6.42 Å². The molecule has 0 saturated carbocycles. The van der Waals surface area contributed by atoms with Gasteiger partial charge in [-0.1, -0.05) is 30.7 Å². The van der Waals surface area contributed by atoms with Crippen LogP contribution in [0.25, 0.3) is 0 Å². The minimum atomic E-state index is 0.694. The number of benzene rings is 1. The molecular weight excluding hydrogens is 220 g/mol. The number of nitrogens with two attached hydrogens (primary N) is 1. The van der Waals surface area contributed by atoms with Crippen molar-refractivity contribution in [1.82, 2.24) is 4.90 Å². The molecule has 0 aliphatic rings. The van der Waals surface area contributed by atoms with Gasteiger partial charge < -0.3 is 10.6 Å². The molecule has 0 fully saturated rings. The van der Waals surface area contributed by atoms with Gasteiger partial charge in [0, 0.05) is 13.1 Å². The summed E-state index contributed by atoms with van der Waals surface area (Å²) in [5, 5.41) is 0. The smallest absolute Gasteiger partial charge is 0.00190 e. The van der Waals surface area contributed by atoms with Crippen LogP contribution < -0.4 is 5.73 Å². The van der Waals surface area contributed by atoms with Gasteiger partial charge in [-0.15, -0.1) is 0 Å². The average Bonchev–Trinajstić information content (AvgIpc) is 2.28. The predicted molar refractivity (Wildman–Crippen MR) is 80.0 cm³/mol. The summed E-state index contributed by atoms with van der Waals surface area (Å²) >= 11 is 0. The first-order valence-corrected chi connectivity index (χ1v) is 6.97. The Morgan fingerprint density at radius 3 is 2.61 bits per heavy atom. The van der Waals surface area contributed by atoms with Crippen LogP contribution in [0.1, 0.15) is 30.0 Å². The van der Waals surface area contributed by atoms with E-state index in [1.807, 2.05) is 0 Å². The molecule has 102 valence electrons. The van der Waals surface area contributed by atoms with E-state index in [9.17, 15) is 0 Å². The maximum atomic E-state index is 5.59. The summed E-state index contributed by atoms with van der Waals surface area (Å²) in [7, 11) is 2.20. The first kappa shape index (κ1) is 15.2. The van der Waals surface area contributed by atoms with Crippen LogP contribution in [0.3, 0.4) is 0 Å². The molecule has 1 atom stereocenters. The monoisotopic (exact) mass is 248 g/mol. The minimum Gasteiger partial charge on any atom is -0.330 e. The molecule has 1 aromatic rings. The van der Waals surface area contributed by atoms with Gasteiger partial charge in [0.2, 0.25) is 0 Å². The van der Waals surface area contributed by atoms with Crippen molar-refractivity contribution in [3.8, 4) is 0 Å². The molecular formula is C16H28N2. The highest BCUT2D eigenvalue weighted by Crippen LogP contribution is 2.12. The van der Waals surface area contributed by atoms with Gasteiger partial charge in [-0.3, -0.25) is 0 Å². The van der Waals surface area contributed by atoms with Crippen molar-refractivity contribution in [3.63, 3.8) is 0 Å². The van der Waals surface area contributed by atoms with E-state index in [1.165, 1.54) is 16.7 Å². The SMILES string of the molecule is Cc1ccc(CCN(C)CC(C)CCN)c(C)c1. The lowest BCUT2D eigenvalue weighted by molar-refractivity contribution is 0.283. The topological polar surface area (TPSA) is 29.3 Å². The Balaban J connectivity index is 2.40. The summed E-state index contributed by atoms with van der Waals surface area (Å²) in [6.07, 6.45) is 2.26. The normalized spacial score (nSPS) is 13.0. The summed E-state index contributed by atoms with van der Waals surface area (Å²) in [6.45, 7) is 9.70. The van der Waals surface area contributed by atoms with Gasteiger partial charge in [-0.25, -0.2) is 0 Å². The van der Waals surface area contributed by atoms with Gasteiger partial charge in [0.15, 0.2) is 0 Å². The van der Waals surface area contributed by atoms with E-state index in [1.54, 1.807) is 0 Å². The molecule has 0 bridgehead atoms. The van der Waals surface area contributed by atoms with Crippen LogP contribution in [0.5, 0.6) is 0 Å². The van der Waals surface area contributed by atoms with E-state index in [0.29, 0.717) is 5.92 Å². The number of hydrogen-bond acceptors (Lipinski definition) is 2. The molecule has 0 saturated heterocycles. The Morgan fingerprint density at radius 1 is 1.28 bits per heavy atom. The standard InChI is InChI=1S/C16H28N2/c1-13-5-6-16(15(3)11-13)8-10-18(4)12-14(2)7-9-17/h5-6,11,14H,7-10,12,17H2,1-4H3. The third kappa shape index (κ3) is 5.19. The zero-order valence-electron chi connectivity index (χ0n) is 12.4. The highest BCUT2D eigenvalue weighted by Gasteiger charge is 2.06. The number of hydrogen-bond donors (Lipinski definition) is 1. The summed E-state index contributed by atoms with van der Waals surface area (Å²) in [5.41, 5.74) is 9.82. The van der Waals surface area contributed by atoms with Gasteiger partial charge in [0.25, 0.3) is 0 Å². The van der Waals surface area contributed by atoms with Gasteiger partial charge in [-0.2, -0.15) is 0 Å². The van der Waals surface area contributed by atoms with Crippen LogP contribution in [0.15, 0.2) is 18.2 Å². The van der Waals surface area contributed by atoms with Crippen molar-refractivity contribution >= 4 is 0 Å². The molecule has 0 amide bonds. The largest absolute Gasteiger partial charge is 0.330 e. The Hall–Kier alpha value is -0.860. The molecule has 2 N–H and O–H groups in total. The Labute approximate surface area is 112 Å². The van der Waals surface area contributed by atoms with E-state index < -0.39 is 0 Å². The highest BCUT2D eigenvalue weighted by atomic mass is 15.1. The summed E-state index contributed by atoms with van der Waals surface area (Å²) in [5.74, 6) is 0.694. The van der Waals surface area contributed by atoms with Gasteiger partial charge in [-0.05, 0) is 57.3 Å². The highest BCUT2D eigenvalue weighted by molar-refractivity contribution is 5.30. The molecule has 2 heteroatoms. The summed E-state index contributed by atoms with van der Waals surface area (Å²) < 4.78 is 0. The molecule has 1 rings (SSSR count). The zero-order valence-corrected chi connectivity index (χ0v) is 12.4. The van der Waals surface area contributed by atoms with Crippen molar-refractivity contribution in [3.05, 3.63) is 34.9 Å². The van der Waals surface area contributed by atoms with Crippen LogP contribution in [0, 0.1) is 19.8 Å². The molecule has 0 heterocycles. The molecule has 0 spiro atoms. The third-order valence-electron chi connectivity index (χ3n) is 3.54. The van der Waals surface area contributed by atoms with E-state index >= 15 is 0 Å². The maximum absolute atomic E-state index is 5.59. The van der Waals surface area contributed by atoms with Crippen LogP contribution >= 0.6 is 0 Å². The second-order valence-corrected chi connectivity index (χ2v) is 5.62. The Morgan fingerprint density at radius 2 is 2.00 bits per heavy atom. The average molecular weight is 248 g/mol. The van der Waals surface area contributed by atoms with Crippen LogP contribution in [-0.4, -0.2) is 31.6 Å². The van der Waals surface area contributed by atoms with Crippen molar-refractivity contribution in [2.45, 2.75) is 33.6 Å². The van der Waals surface area contributed by atoms with E-state index in [4.69, 9.17) is 5.73 Å². The minimum absolute atomic E-state index is 0.694. The fraction of sp³-hybridized carbons (Fsp3) is 0.625. The number of aryl methyl sites for hydroxylation is 2. The molecule has 0 aromatic heterocycles. The van der Waals surface area contributed by atoms with Gasteiger partial charge in [0.05, 0.1) is 0 Å². The predicted octanol–water partition coefficient (Wildman–Crippen LogP) is 2.76. The van der Waals surface area contributed by atoms with Crippen LogP contribution in [0.4, 0.5) is 0 Å². The lowest BCUT2D eigenvalue weighted by Crippen LogP contribution is -2.27. The van der Waals surface area contributed by atoms with E-state index in [-0.39, 0.29) is 0 Å². The van der Waals surface area contributed by atoms with E-state index in [0.717, 1.165) is 32.5 Å². The third-order valence-corrected chi connectivity index (χ3v) is 3.54. The van der Waals surface area contributed by atoms with Crippen molar-refractivity contribution in [2.75, 3.05) is 26.7 Å². The summed E-state index contributed by atoms with van der Waals surface area (Å²) in [4.78, 5) is 2.42. The molecule has 1 aromatic carbocycles. The van der Waals surface area contributed by atoms with Crippen molar-refractivity contribution in [1.29, 1.82) is 0 Å². The molecule has 0 aliphatic heterocycles.